The van der Waals surface area contributed by atoms with Gasteiger partial charge < -0.3 is 4.74 Å². The van der Waals surface area contributed by atoms with Crippen LogP contribution >= 0.6 is 0 Å². The number of amidine groups is 1. The van der Waals surface area contributed by atoms with E-state index in [1.807, 2.05) is 11.5 Å². The highest BCUT2D eigenvalue weighted by Gasteiger charge is 2.03. The van der Waals surface area contributed by atoms with Gasteiger partial charge in [-0.1, -0.05) is 0 Å². The lowest BCUT2D eigenvalue weighted by atomic mass is 10.6. The summed E-state index contributed by atoms with van der Waals surface area (Å²) in [6.45, 7) is 8.48. The Morgan fingerprint density at radius 2 is 1.80 bits per heavy atom. The molecule has 0 radical (unpaired) electrons. The Kier molecular flexibility index (Phi) is 4.72. The molecule has 0 saturated carbocycles. The Morgan fingerprint density at radius 3 is 2.10 bits per heavy atom. The predicted molar refractivity (Wildman–Crippen MR) is 42.2 cm³/mol. The largest absolute Gasteiger partial charge is 0.441 e. The molecule has 3 nitrogen and oxygen atoms in total. The molecule has 60 valence electrons. The molecule has 0 fully saturated rings. The summed E-state index contributed by atoms with van der Waals surface area (Å²) in [5.41, 5.74) is 5.57. The minimum absolute atomic E-state index is 0.535. The lowest BCUT2D eigenvalue weighted by Gasteiger charge is -2.03. The first-order valence-electron chi connectivity index (χ1n) is 3.76. The zero-order valence-corrected chi connectivity index (χ0v) is 7.05. The molecule has 0 amide bonds. The first-order chi connectivity index (χ1) is 4.76. The average Bonchev–Trinajstić information content (AvgIpc) is 1.91. The molecule has 0 spiro atoms. The van der Waals surface area contributed by atoms with Gasteiger partial charge in [-0.05, 0) is 20.8 Å². The van der Waals surface area contributed by atoms with Crippen molar-refractivity contribution in [3.05, 3.63) is 0 Å². The van der Waals surface area contributed by atoms with Gasteiger partial charge in [-0.25, -0.2) is 4.58 Å². The summed E-state index contributed by atoms with van der Waals surface area (Å²) in [6, 6.07) is 0.535. The molecule has 0 heterocycles. The molecule has 0 aliphatic rings. The number of nitrogens with zero attached hydrogens (tertiary/aromatic N) is 1. The van der Waals surface area contributed by atoms with Crippen LogP contribution in [0.4, 0.5) is 0 Å². The topological polar surface area (TPSA) is 38.3 Å². The molecule has 0 aromatic rings. The van der Waals surface area contributed by atoms with Gasteiger partial charge in [-0.3, -0.25) is 5.73 Å². The maximum absolute atomic E-state index is 5.57. The van der Waals surface area contributed by atoms with Crippen LogP contribution in [0.25, 0.3) is 0 Å². The van der Waals surface area contributed by atoms with Gasteiger partial charge in [0.05, 0.1) is 19.7 Å². The molecule has 0 aromatic carbocycles. The smallest absolute Gasteiger partial charge is 0.432 e. The van der Waals surface area contributed by atoms with Gasteiger partial charge in [-0.2, -0.15) is 0 Å². The maximum atomic E-state index is 5.57. The van der Waals surface area contributed by atoms with E-state index in [1.165, 1.54) is 0 Å². The monoisotopic (exact) mass is 145 g/mol. The van der Waals surface area contributed by atoms with Crippen LogP contribution in [-0.2, 0) is 4.74 Å². The van der Waals surface area contributed by atoms with Gasteiger partial charge in [0.15, 0.2) is 0 Å². The number of hydrogen-bond acceptors (Lipinski definition) is 1. The molecule has 0 aliphatic carbocycles. The zero-order valence-electron chi connectivity index (χ0n) is 7.05. The number of hydrogen-bond donors (Lipinski definition) is 1. The fourth-order valence-electron chi connectivity index (χ4n) is 0.774. The van der Waals surface area contributed by atoms with Gasteiger partial charge in [0.25, 0.3) is 0 Å². The van der Waals surface area contributed by atoms with Crippen molar-refractivity contribution < 1.29 is 9.31 Å². The summed E-state index contributed by atoms with van der Waals surface area (Å²) in [4.78, 5) is 0. The average molecular weight is 145 g/mol. The minimum Gasteiger partial charge on any atom is -0.432 e. The Hall–Kier alpha value is -0.730. The minimum atomic E-state index is 0.535. The summed E-state index contributed by atoms with van der Waals surface area (Å²) in [5.74, 6) is 0. The van der Waals surface area contributed by atoms with Crippen LogP contribution in [0.5, 0.6) is 0 Å². The summed E-state index contributed by atoms with van der Waals surface area (Å²) in [6.07, 6.45) is 0. The van der Waals surface area contributed by atoms with Crippen molar-refractivity contribution in [2.24, 2.45) is 5.73 Å². The standard InChI is InChI=1S/C7H16N2O/c1-4-9(5-2)7(8)10-6-3/h8H,4-6H2,1-3H3/p+1. The van der Waals surface area contributed by atoms with Gasteiger partial charge in [0.2, 0.25) is 0 Å². The third kappa shape index (κ3) is 2.71. The first kappa shape index (κ1) is 9.27. The van der Waals surface area contributed by atoms with Crippen molar-refractivity contribution in [3.8, 4) is 0 Å². The van der Waals surface area contributed by atoms with E-state index in [1.54, 1.807) is 0 Å². The van der Waals surface area contributed by atoms with Crippen LogP contribution in [0.1, 0.15) is 20.8 Å². The first-order valence-corrected chi connectivity index (χ1v) is 3.76. The van der Waals surface area contributed by atoms with Crippen molar-refractivity contribution in [3.63, 3.8) is 0 Å². The lowest BCUT2D eigenvalue weighted by Crippen LogP contribution is -2.30. The Bertz CT molecular complexity index is 115. The van der Waals surface area contributed by atoms with Crippen molar-refractivity contribution in [2.45, 2.75) is 20.8 Å². The van der Waals surface area contributed by atoms with E-state index >= 15 is 0 Å². The molecular formula is C7H17N2O+. The van der Waals surface area contributed by atoms with Gasteiger partial charge in [0.1, 0.15) is 0 Å². The van der Waals surface area contributed by atoms with Crippen molar-refractivity contribution in [1.29, 1.82) is 0 Å². The molecule has 2 N–H and O–H groups in total. The third-order valence-electron chi connectivity index (χ3n) is 1.37. The Labute approximate surface area is 62.5 Å². The van der Waals surface area contributed by atoms with Crippen molar-refractivity contribution in [2.75, 3.05) is 19.7 Å². The predicted octanol–water partition coefficient (Wildman–Crippen LogP) is 0.390. The van der Waals surface area contributed by atoms with E-state index < -0.39 is 0 Å². The second kappa shape index (κ2) is 5.09. The van der Waals surface area contributed by atoms with Crippen molar-refractivity contribution >= 4 is 6.02 Å². The van der Waals surface area contributed by atoms with E-state index in [2.05, 4.69) is 13.8 Å². The van der Waals surface area contributed by atoms with Crippen molar-refractivity contribution in [1.82, 2.24) is 0 Å². The normalized spacial score (nSPS) is 9.10. The maximum Gasteiger partial charge on any atom is 0.441 e. The van der Waals surface area contributed by atoms with E-state index in [-0.39, 0.29) is 0 Å². The van der Waals surface area contributed by atoms with Crippen LogP contribution in [0.2, 0.25) is 0 Å². The second-order valence-electron chi connectivity index (χ2n) is 1.94. The Morgan fingerprint density at radius 1 is 1.30 bits per heavy atom. The highest BCUT2D eigenvalue weighted by Crippen LogP contribution is 1.78. The zero-order chi connectivity index (χ0) is 7.98. The highest BCUT2D eigenvalue weighted by atomic mass is 16.5. The molecular weight excluding hydrogens is 128 g/mol. The van der Waals surface area contributed by atoms with Gasteiger partial charge in [-0.15, -0.1) is 0 Å². The van der Waals surface area contributed by atoms with E-state index in [4.69, 9.17) is 10.5 Å². The second-order valence-corrected chi connectivity index (χ2v) is 1.94. The number of rotatable bonds is 3. The molecule has 0 unspecified atom stereocenters. The lowest BCUT2D eigenvalue weighted by molar-refractivity contribution is -0.530. The van der Waals surface area contributed by atoms with E-state index in [9.17, 15) is 0 Å². The SMILES string of the molecule is CCOC(N)=[N+](CC)CC. The van der Waals surface area contributed by atoms with Crippen LogP contribution in [0.15, 0.2) is 0 Å². The molecule has 3 heteroatoms. The molecule has 0 atom stereocenters. The molecule has 0 saturated heterocycles. The molecule has 0 aliphatic heterocycles. The summed E-state index contributed by atoms with van der Waals surface area (Å²) >= 11 is 0. The molecule has 0 bridgehead atoms. The third-order valence-corrected chi connectivity index (χ3v) is 1.37. The van der Waals surface area contributed by atoms with E-state index in [0.29, 0.717) is 12.6 Å². The van der Waals surface area contributed by atoms with E-state index in [0.717, 1.165) is 13.1 Å². The number of nitrogens with two attached hydrogens (primary N) is 1. The van der Waals surface area contributed by atoms with Crippen LogP contribution in [0, 0.1) is 0 Å². The fourth-order valence-corrected chi connectivity index (χ4v) is 0.774. The van der Waals surface area contributed by atoms with Crippen LogP contribution in [0.3, 0.4) is 0 Å². The van der Waals surface area contributed by atoms with Crippen LogP contribution < -0.4 is 5.73 Å². The molecule has 0 rings (SSSR count). The van der Waals surface area contributed by atoms with Crippen LogP contribution in [-0.4, -0.2) is 30.3 Å². The Balaban J connectivity index is 3.98. The van der Waals surface area contributed by atoms with Gasteiger partial charge in [0, 0.05) is 0 Å². The molecule has 0 aromatic heterocycles. The summed E-state index contributed by atoms with van der Waals surface area (Å²) in [7, 11) is 0. The summed E-state index contributed by atoms with van der Waals surface area (Å²) in [5, 5.41) is 0. The number of ether oxygens (including phenoxy) is 1. The highest BCUT2D eigenvalue weighted by molar-refractivity contribution is 5.65. The van der Waals surface area contributed by atoms with Gasteiger partial charge >= 0.3 is 6.02 Å². The summed E-state index contributed by atoms with van der Waals surface area (Å²) < 4.78 is 7.08. The molecule has 10 heavy (non-hydrogen) atoms. The quantitative estimate of drug-likeness (QED) is 0.354. The fraction of sp³-hybridized carbons (Fsp3) is 0.857.